The van der Waals surface area contributed by atoms with Gasteiger partial charge in [0, 0.05) is 18.4 Å². The molecule has 0 aliphatic rings. The molecule has 1 N–H and O–H groups in total. The Morgan fingerprint density at radius 1 is 1.12 bits per heavy atom. The summed E-state index contributed by atoms with van der Waals surface area (Å²) < 4.78 is 16.5. The Morgan fingerprint density at radius 2 is 1.82 bits per heavy atom. The van der Waals surface area contributed by atoms with E-state index in [2.05, 4.69) is 4.98 Å². The largest absolute Gasteiger partial charge is 0.494 e. The summed E-state index contributed by atoms with van der Waals surface area (Å²) in [7, 11) is 0. The molecule has 1 aromatic heterocycles. The van der Waals surface area contributed by atoms with Gasteiger partial charge in [-0.1, -0.05) is 24.3 Å². The molecule has 0 unspecified atom stereocenters. The SMILES string of the molecule is CCOC(=O)CCCOc1ccc(C[C@@H](C(=O)O)N(c2nc3ccccc3o2)C(C)(C)C)cc1. The molecule has 0 spiro atoms. The van der Waals surface area contributed by atoms with Gasteiger partial charge in [0.05, 0.1) is 13.2 Å². The Balaban J connectivity index is 1.71. The van der Waals surface area contributed by atoms with Crippen LogP contribution in [0.3, 0.4) is 0 Å². The van der Waals surface area contributed by atoms with E-state index >= 15 is 0 Å². The number of anilines is 1. The van der Waals surface area contributed by atoms with Gasteiger partial charge in [0.1, 0.15) is 17.3 Å². The number of esters is 1. The van der Waals surface area contributed by atoms with Crippen molar-refractivity contribution >= 4 is 29.1 Å². The lowest BCUT2D eigenvalue weighted by molar-refractivity contribution is -0.143. The van der Waals surface area contributed by atoms with Crippen LogP contribution in [0.4, 0.5) is 6.01 Å². The number of fused-ring (bicyclic) bond motifs is 1. The summed E-state index contributed by atoms with van der Waals surface area (Å²) in [4.78, 5) is 30.0. The van der Waals surface area contributed by atoms with Crippen LogP contribution in [0.1, 0.15) is 46.1 Å². The quantitative estimate of drug-likeness (QED) is 0.315. The topological polar surface area (TPSA) is 102 Å². The van der Waals surface area contributed by atoms with Crippen LogP contribution < -0.4 is 9.64 Å². The van der Waals surface area contributed by atoms with Crippen LogP contribution in [-0.4, -0.2) is 46.8 Å². The molecule has 1 atom stereocenters. The van der Waals surface area contributed by atoms with Gasteiger partial charge in [-0.3, -0.25) is 4.79 Å². The first-order valence-corrected chi connectivity index (χ1v) is 11.4. The molecule has 0 saturated heterocycles. The predicted molar refractivity (Wildman–Crippen MR) is 129 cm³/mol. The van der Waals surface area contributed by atoms with Crippen molar-refractivity contribution in [3.63, 3.8) is 0 Å². The van der Waals surface area contributed by atoms with Crippen LogP contribution in [0.15, 0.2) is 52.9 Å². The van der Waals surface area contributed by atoms with Crippen molar-refractivity contribution < 1.29 is 28.6 Å². The first-order valence-electron chi connectivity index (χ1n) is 11.4. The highest BCUT2D eigenvalue weighted by Gasteiger charge is 2.37. The van der Waals surface area contributed by atoms with Crippen molar-refractivity contribution in [3.05, 3.63) is 54.1 Å². The monoisotopic (exact) mass is 468 g/mol. The average Bonchev–Trinajstić information content (AvgIpc) is 3.20. The Bertz CT molecular complexity index is 1070. The fourth-order valence-corrected chi connectivity index (χ4v) is 3.72. The molecule has 2 aromatic carbocycles. The number of hydrogen-bond donors (Lipinski definition) is 1. The van der Waals surface area contributed by atoms with Gasteiger partial charge in [-0.15, -0.1) is 0 Å². The van der Waals surface area contributed by atoms with Gasteiger partial charge >= 0.3 is 11.9 Å². The fraction of sp³-hybridized carbons (Fsp3) is 0.423. The zero-order chi connectivity index (χ0) is 24.7. The number of aliphatic carboxylic acids is 1. The molecule has 0 amide bonds. The number of carbonyl (C=O) groups excluding carboxylic acids is 1. The summed E-state index contributed by atoms with van der Waals surface area (Å²) in [5.74, 6) is -0.536. The zero-order valence-electron chi connectivity index (χ0n) is 20.1. The second kappa shape index (κ2) is 11.0. The van der Waals surface area contributed by atoms with Crippen LogP contribution in [0.25, 0.3) is 11.1 Å². The number of rotatable bonds is 11. The van der Waals surface area contributed by atoms with Crippen molar-refractivity contribution in [3.8, 4) is 5.75 Å². The normalized spacial score (nSPS) is 12.4. The third-order valence-corrected chi connectivity index (χ3v) is 5.26. The lowest BCUT2D eigenvalue weighted by atomic mass is 9.98. The van der Waals surface area contributed by atoms with E-state index < -0.39 is 17.6 Å². The first kappa shape index (κ1) is 25.1. The minimum absolute atomic E-state index is 0.233. The smallest absolute Gasteiger partial charge is 0.326 e. The van der Waals surface area contributed by atoms with E-state index in [0.29, 0.717) is 42.9 Å². The van der Waals surface area contributed by atoms with E-state index in [1.807, 2.05) is 57.2 Å². The molecule has 8 nitrogen and oxygen atoms in total. The molecule has 0 aliphatic carbocycles. The van der Waals surface area contributed by atoms with E-state index in [1.165, 1.54) is 0 Å². The van der Waals surface area contributed by atoms with Gasteiger partial charge < -0.3 is 23.9 Å². The highest BCUT2D eigenvalue weighted by molar-refractivity contribution is 5.80. The van der Waals surface area contributed by atoms with Gasteiger partial charge in [-0.25, -0.2) is 4.79 Å². The van der Waals surface area contributed by atoms with Gasteiger partial charge in [0.2, 0.25) is 0 Å². The van der Waals surface area contributed by atoms with Crippen LogP contribution >= 0.6 is 0 Å². The van der Waals surface area contributed by atoms with Gasteiger partial charge in [0.15, 0.2) is 5.58 Å². The van der Waals surface area contributed by atoms with Crippen molar-refractivity contribution in [1.29, 1.82) is 0 Å². The third kappa shape index (κ3) is 6.50. The molecule has 0 bridgehead atoms. The zero-order valence-corrected chi connectivity index (χ0v) is 20.1. The van der Waals surface area contributed by atoms with Gasteiger partial charge in [-0.05, 0) is 63.9 Å². The number of carbonyl (C=O) groups is 2. The molecule has 3 rings (SSSR count). The third-order valence-electron chi connectivity index (χ3n) is 5.26. The fourth-order valence-electron chi connectivity index (χ4n) is 3.72. The molecule has 0 aliphatic heterocycles. The number of aromatic nitrogens is 1. The molecular weight excluding hydrogens is 436 g/mol. The van der Waals surface area contributed by atoms with E-state index in [0.717, 1.165) is 5.56 Å². The molecule has 0 saturated carbocycles. The minimum atomic E-state index is -0.962. The Labute approximate surface area is 199 Å². The predicted octanol–water partition coefficient (Wildman–Crippen LogP) is 4.85. The Hall–Kier alpha value is -3.55. The number of para-hydroxylation sites is 2. The molecule has 0 fully saturated rings. The second-order valence-electron chi connectivity index (χ2n) is 8.96. The van der Waals surface area contributed by atoms with Crippen LogP contribution in [0.2, 0.25) is 0 Å². The molecule has 8 heteroatoms. The maximum Gasteiger partial charge on any atom is 0.326 e. The second-order valence-corrected chi connectivity index (χ2v) is 8.96. The Kier molecular flexibility index (Phi) is 8.15. The van der Waals surface area contributed by atoms with Gasteiger partial charge in [-0.2, -0.15) is 4.98 Å². The van der Waals surface area contributed by atoms with Crippen molar-refractivity contribution in [2.45, 2.75) is 58.5 Å². The maximum atomic E-state index is 12.3. The van der Waals surface area contributed by atoms with Gasteiger partial charge in [0.25, 0.3) is 6.01 Å². The summed E-state index contributed by atoms with van der Waals surface area (Å²) in [6.45, 7) is 8.35. The molecule has 182 valence electrons. The summed E-state index contributed by atoms with van der Waals surface area (Å²) in [5.41, 5.74) is 1.59. The number of carboxylic acids is 1. The lowest BCUT2D eigenvalue weighted by Crippen LogP contribution is -2.53. The van der Waals surface area contributed by atoms with Crippen LogP contribution in [-0.2, 0) is 20.7 Å². The molecule has 3 aromatic rings. The van der Waals surface area contributed by atoms with Crippen molar-refractivity contribution in [1.82, 2.24) is 4.98 Å². The Morgan fingerprint density at radius 3 is 2.44 bits per heavy atom. The standard InChI is InChI=1S/C26H32N2O6/c1-5-32-23(29)11-8-16-33-19-14-12-18(13-15-19)17-21(24(30)31)28(26(2,3)4)25-27-20-9-6-7-10-22(20)34-25/h6-7,9-10,12-15,21H,5,8,11,16-17H2,1-4H3,(H,30,31)/t21-/m0/s1. The van der Waals surface area contributed by atoms with E-state index in [4.69, 9.17) is 13.9 Å². The van der Waals surface area contributed by atoms with Crippen LogP contribution in [0, 0.1) is 0 Å². The number of nitrogens with zero attached hydrogens (tertiary/aromatic N) is 2. The number of ether oxygens (including phenoxy) is 2. The summed E-state index contributed by atoms with van der Waals surface area (Å²) in [5, 5.41) is 10.1. The highest BCUT2D eigenvalue weighted by atomic mass is 16.5. The number of benzene rings is 2. The summed E-state index contributed by atoms with van der Waals surface area (Å²) >= 11 is 0. The molecular formula is C26H32N2O6. The van der Waals surface area contributed by atoms with Crippen LogP contribution in [0.5, 0.6) is 5.75 Å². The molecule has 0 radical (unpaired) electrons. The van der Waals surface area contributed by atoms with Crippen molar-refractivity contribution in [2.24, 2.45) is 0 Å². The average molecular weight is 469 g/mol. The molecule has 1 heterocycles. The number of oxazole rings is 1. The number of carboxylic acid groups (broad SMARTS) is 1. The summed E-state index contributed by atoms with van der Waals surface area (Å²) in [6, 6.07) is 14.1. The van der Waals surface area contributed by atoms with E-state index in [1.54, 1.807) is 24.0 Å². The number of hydrogen-bond acceptors (Lipinski definition) is 7. The molecule has 34 heavy (non-hydrogen) atoms. The van der Waals surface area contributed by atoms with Crippen molar-refractivity contribution in [2.75, 3.05) is 18.1 Å². The first-order chi connectivity index (χ1) is 16.2. The minimum Gasteiger partial charge on any atom is -0.494 e. The van der Waals surface area contributed by atoms with E-state index in [-0.39, 0.29) is 18.4 Å². The maximum absolute atomic E-state index is 12.3. The highest BCUT2D eigenvalue weighted by Crippen LogP contribution is 2.31. The lowest BCUT2D eigenvalue weighted by Gasteiger charge is -2.38. The van der Waals surface area contributed by atoms with E-state index in [9.17, 15) is 14.7 Å². The summed E-state index contributed by atoms with van der Waals surface area (Å²) in [6.07, 6.45) is 1.13.